The summed E-state index contributed by atoms with van der Waals surface area (Å²) in [7, 11) is 1.61. The van der Waals surface area contributed by atoms with Crippen molar-refractivity contribution in [2.75, 3.05) is 7.11 Å². The second-order valence-electron chi connectivity index (χ2n) is 8.87. The van der Waals surface area contributed by atoms with Crippen LogP contribution in [0.15, 0.2) is 35.9 Å². The standard InChI is InChI=1S/C23H32O4/c1-16-7-12-19-23(4,27-19)14-6-13-22(2,3)20(15-16)26-21(24)17-8-10-18(25-5)11-9-17/h8-11,15,19-20H,6-7,12-14H2,1-5H3. The largest absolute Gasteiger partial charge is 0.497 e. The van der Waals surface area contributed by atoms with E-state index in [4.69, 9.17) is 14.2 Å². The SMILES string of the molecule is COc1ccc(C(=O)OC2C=C(C)CCC3OC3(C)CCCC2(C)C)cc1. The van der Waals surface area contributed by atoms with Gasteiger partial charge in [0.1, 0.15) is 11.9 Å². The third-order valence-corrected chi connectivity index (χ3v) is 6.10. The van der Waals surface area contributed by atoms with E-state index in [0.717, 1.165) is 37.9 Å². The van der Waals surface area contributed by atoms with Crippen molar-refractivity contribution in [1.29, 1.82) is 0 Å². The third kappa shape index (κ3) is 4.73. The normalized spacial score (nSPS) is 30.3. The molecule has 1 aromatic carbocycles. The van der Waals surface area contributed by atoms with Gasteiger partial charge in [0.2, 0.25) is 0 Å². The molecule has 4 nitrogen and oxygen atoms in total. The van der Waals surface area contributed by atoms with Crippen LogP contribution >= 0.6 is 0 Å². The average Bonchev–Trinajstić information content (AvgIpc) is 3.28. The first-order valence-corrected chi connectivity index (χ1v) is 9.94. The van der Waals surface area contributed by atoms with Crippen molar-refractivity contribution in [3.05, 3.63) is 41.5 Å². The fourth-order valence-electron chi connectivity index (χ4n) is 3.94. The molecule has 148 valence electrons. The van der Waals surface area contributed by atoms with Gasteiger partial charge in [-0.3, -0.25) is 0 Å². The lowest BCUT2D eigenvalue weighted by Crippen LogP contribution is -2.33. The number of epoxide rings is 1. The van der Waals surface area contributed by atoms with Crippen LogP contribution in [0.1, 0.15) is 70.2 Å². The minimum absolute atomic E-state index is 0.0516. The van der Waals surface area contributed by atoms with Crippen molar-refractivity contribution >= 4 is 5.97 Å². The zero-order valence-electron chi connectivity index (χ0n) is 17.2. The summed E-state index contributed by atoms with van der Waals surface area (Å²) in [5.74, 6) is 0.444. The van der Waals surface area contributed by atoms with E-state index in [9.17, 15) is 4.79 Å². The highest BCUT2D eigenvalue weighted by Gasteiger charge is 2.51. The topological polar surface area (TPSA) is 48.1 Å². The lowest BCUT2D eigenvalue weighted by atomic mass is 9.80. The molecule has 0 N–H and O–H groups in total. The van der Waals surface area contributed by atoms with E-state index in [-0.39, 0.29) is 23.1 Å². The fraction of sp³-hybridized carbons (Fsp3) is 0.609. The average molecular weight is 373 g/mol. The predicted octanol–water partition coefficient (Wildman–Crippen LogP) is 5.31. The third-order valence-electron chi connectivity index (χ3n) is 6.10. The molecule has 1 heterocycles. The summed E-state index contributed by atoms with van der Waals surface area (Å²) in [5.41, 5.74) is 1.73. The van der Waals surface area contributed by atoms with Crippen LogP contribution in [-0.2, 0) is 9.47 Å². The zero-order valence-corrected chi connectivity index (χ0v) is 17.2. The summed E-state index contributed by atoms with van der Waals surface area (Å²) in [6.45, 7) is 8.73. The highest BCUT2D eigenvalue weighted by atomic mass is 16.6. The molecule has 4 heteroatoms. The molecular formula is C23H32O4. The molecule has 3 rings (SSSR count). The second-order valence-corrected chi connectivity index (χ2v) is 8.87. The maximum atomic E-state index is 12.7. The zero-order chi connectivity index (χ0) is 19.7. The number of esters is 1. The Bertz CT molecular complexity index is 704. The molecule has 3 unspecified atom stereocenters. The number of carbonyl (C=O) groups is 1. The lowest BCUT2D eigenvalue weighted by Gasteiger charge is -2.33. The van der Waals surface area contributed by atoms with Gasteiger partial charge in [-0.1, -0.05) is 19.4 Å². The molecule has 2 aliphatic rings. The van der Waals surface area contributed by atoms with Crippen LogP contribution in [0, 0.1) is 5.41 Å². The van der Waals surface area contributed by atoms with E-state index in [0.29, 0.717) is 11.7 Å². The number of fused-ring (bicyclic) bond motifs is 1. The number of benzene rings is 1. The van der Waals surface area contributed by atoms with Gasteiger partial charge in [0.15, 0.2) is 0 Å². The minimum Gasteiger partial charge on any atom is -0.497 e. The number of hydrogen-bond acceptors (Lipinski definition) is 4. The fourth-order valence-corrected chi connectivity index (χ4v) is 3.94. The lowest BCUT2D eigenvalue weighted by molar-refractivity contribution is 0.00718. The molecule has 0 bridgehead atoms. The van der Waals surface area contributed by atoms with Gasteiger partial charge in [0.25, 0.3) is 0 Å². The maximum Gasteiger partial charge on any atom is 0.338 e. The van der Waals surface area contributed by atoms with Gasteiger partial charge in [0, 0.05) is 5.41 Å². The summed E-state index contributed by atoms with van der Waals surface area (Å²) in [6, 6.07) is 7.07. The quantitative estimate of drug-likeness (QED) is 0.409. The van der Waals surface area contributed by atoms with E-state index in [1.165, 1.54) is 5.57 Å². The molecule has 27 heavy (non-hydrogen) atoms. The smallest absolute Gasteiger partial charge is 0.338 e. The van der Waals surface area contributed by atoms with Gasteiger partial charge in [-0.15, -0.1) is 0 Å². The molecule has 0 spiro atoms. The number of carbonyl (C=O) groups excluding carboxylic acids is 1. The Balaban J connectivity index is 1.76. The van der Waals surface area contributed by atoms with Crippen molar-refractivity contribution in [2.24, 2.45) is 5.41 Å². The molecule has 1 aromatic rings. The van der Waals surface area contributed by atoms with Crippen molar-refractivity contribution in [2.45, 2.75) is 77.6 Å². The van der Waals surface area contributed by atoms with Gasteiger partial charge in [-0.2, -0.15) is 0 Å². The first-order chi connectivity index (χ1) is 12.7. The molecule has 3 atom stereocenters. The van der Waals surface area contributed by atoms with Crippen LogP contribution in [0.4, 0.5) is 0 Å². The highest BCUT2D eigenvalue weighted by Crippen LogP contribution is 2.45. The first kappa shape index (κ1) is 19.9. The van der Waals surface area contributed by atoms with E-state index in [1.54, 1.807) is 31.4 Å². The van der Waals surface area contributed by atoms with Gasteiger partial charge in [-0.05, 0) is 76.3 Å². The first-order valence-electron chi connectivity index (χ1n) is 9.94. The van der Waals surface area contributed by atoms with Crippen LogP contribution in [-0.4, -0.2) is 30.9 Å². The summed E-state index contributed by atoms with van der Waals surface area (Å²) in [4.78, 5) is 12.7. The Morgan fingerprint density at radius 1 is 1.15 bits per heavy atom. The van der Waals surface area contributed by atoms with Crippen molar-refractivity contribution < 1.29 is 19.0 Å². The van der Waals surface area contributed by atoms with E-state index < -0.39 is 0 Å². The highest BCUT2D eigenvalue weighted by molar-refractivity contribution is 5.89. The van der Waals surface area contributed by atoms with Gasteiger partial charge in [0.05, 0.1) is 24.4 Å². The summed E-state index contributed by atoms with van der Waals surface area (Å²) in [6.07, 6.45) is 7.43. The Labute approximate surface area is 162 Å². The number of hydrogen-bond donors (Lipinski definition) is 0. The van der Waals surface area contributed by atoms with E-state index in [1.807, 2.05) is 0 Å². The molecule has 1 aliphatic carbocycles. The van der Waals surface area contributed by atoms with Crippen molar-refractivity contribution in [3.63, 3.8) is 0 Å². The number of ether oxygens (including phenoxy) is 3. The monoisotopic (exact) mass is 372 g/mol. The van der Waals surface area contributed by atoms with Crippen molar-refractivity contribution in [1.82, 2.24) is 0 Å². The number of rotatable bonds is 3. The summed E-state index contributed by atoms with van der Waals surface area (Å²) < 4.78 is 17.1. The second kappa shape index (κ2) is 7.67. The van der Waals surface area contributed by atoms with Gasteiger partial charge in [-0.25, -0.2) is 4.79 Å². The number of allylic oxidation sites excluding steroid dienone is 1. The Morgan fingerprint density at radius 2 is 1.85 bits per heavy atom. The Kier molecular flexibility index (Phi) is 5.66. The molecule has 1 saturated heterocycles. The van der Waals surface area contributed by atoms with E-state index >= 15 is 0 Å². The van der Waals surface area contributed by atoms with Crippen molar-refractivity contribution in [3.8, 4) is 5.75 Å². The molecule has 1 aliphatic heterocycles. The van der Waals surface area contributed by atoms with Crippen LogP contribution in [0.3, 0.4) is 0 Å². The van der Waals surface area contributed by atoms with E-state index in [2.05, 4.69) is 33.8 Å². The predicted molar refractivity (Wildman–Crippen MR) is 106 cm³/mol. The van der Waals surface area contributed by atoms with Gasteiger partial charge >= 0.3 is 5.97 Å². The molecule has 0 radical (unpaired) electrons. The molecular weight excluding hydrogens is 340 g/mol. The molecule has 0 aromatic heterocycles. The molecule has 1 fully saturated rings. The Hall–Kier alpha value is -1.81. The summed E-state index contributed by atoms with van der Waals surface area (Å²) >= 11 is 0. The summed E-state index contributed by atoms with van der Waals surface area (Å²) in [5, 5.41) is 0. The molecule has 0 saturated carbocycles. The van der Waals surface area contributed by atoms with Crippen LogP contribution in [0.5, 0.6) is 5.75 Å². The number of methoxy groups -OCH3 is 1. The van der Waals surface area contributed by atoms with Crippen LogP contribution in [0.2, 0.25) is 0 Å². The Morgan fingerprint density at radius 3 is 2.52 bits per heavy atom. The maximum absolute atomic E-state index is 12.7. The van der Waals surface area contributed by atoms with Crippen LogP contribution < -0.4 is 4.74 Å². The van der Waals surface area contributed by atoms with Gasteiger partial charge < -0.3 is 14.2 Å². The van der Waals surface area contributed by atoms with Crippen LogP contribution in [0.25, 0.3) is 0 Å². The minimum atomic E-state index is -0.284. The molecule has 0 amide bonds.